The van der Waals surface area contributed by atoms with Crippen LogP contribution >= 0.6 is 0 Å². The van der Waals surface area contributed by atoms with E-state index in [4.69, 9.17) is 0 Å². The second kappa shape index (κ2) is 7.44. The van der Waals surface area contributed by atoms with Gasteiger partial charge in [0, 0.05) is 18.2 Å². The van der Waals surface area contributed by atoms with E-state index >= 15 is 0 Å². The van der Waals surface area contributed by atoms with Crippen LogP contribution in [0.15, 0.2) is 18.5 Å². The Bertz CT molecular complexity index is 1070. The molecule has 1 aliphatic carbocycles. The molecule has 1 fully saturated rings. The van der Waals surface area contributed by atoms with Gasteiger partial charge in [-0.2, -0.15) is 0 Å². The number of aromatic nitrogens is 5. The molecule has 1 aliphatic rings. The molecule has 9 heteroatoms. The van der Waals surface area contributed by atoms with E-state index in [0.717, 1.165) is 41.9 Å². The maximum atomic E-state index is 12.5. The van der Waals surface area contributed by atoms with Gasteiger partial charge < -0.3 is 4.98 Å². The zero-order valence-electron chi connectivity index (χ0n) is 16.6. The van der Waals surface area contributed by atoms with Crippen LogP contribution in [0.5, 0.6) is 0 Å². The van der Waals surface area contributed by atoms with Crippen LogP contribution in [0.1, 0.15) is 58.2 Å². The molecule has 8 nitrogen and oxygen atoms in total. The number of hydrogen-bond donors (Lipinski definition) is 2. The fourth-order valence-corrected chi connectivity index (χ4v) is 5.93. The fraction of sp³-hybridized carbons (Fsp3) is 0.632. The Kier molecular flexibility index (Phi) is 5.13. The molecule has 0 radical (unpaired) electrons. The molecule has 0 bridgehead atoms. The van der Waals surface area contributed by atoms with Crippen LogP contribution in [-0.2, 0) is 10.0 Å². The Labute approximate surface area is 165 Å². The van der Waals surface area contributed by atoms with Gasteiger partial charge in [0.25, 0.3) is 0 Å². The first-order valence-electron chi connectivity index (χ1n) is 10.0. The van der Waals surface area contributed by atoms with E-state index < -0.39 is 10.0 Å². The maximum absolute atomic E-state index is 12.5. The summed E-state index contributed by atoms with van der Waals surface area (Å²) in [5.41, 5.74) is 2.47. The van der Waals surface area contributed by atoms with Crippen LogP contribution < -0.4 is 4.72 Å². The predicted octanol–water partition coefficient (Wildman–Crippen LogP) is 2.84. The van der Waals surface area contributed by atoms with Crippen LogP contribution in [-0.4, -0.2) is 44.8 Å². The first-order valence-corrected chi connectivity index (χ1v) is 11.7. The van der Waals surface area contributed by atoms with E-state index in [2.05, 4.69) is 36.2 Å². The largest absolute Gasteiger partial charge is 0.345 e. The minimum Gasteiger partial charge on any atom is -0.345 e. The predicted molar refractivity (Wildman–Crippen MR) is 109 cm³/mol. The Morgan fingerprint density at radius 2 is 2.14 bits per heavy atom. The average Bonchev–Trinajstić information content (AvgIpc) is 3.35. The van der Waals surface area contributed by atoms with Gasteiger partial charge in [-0.3, -0.25) is 4.40 Å². The lowest BCUT2D eigenvalue weighted by Gasteiger charge is -2.16. The van der Waals surface area contributed by atoms with E-state index in [1.54, 1.807) is 6.20 Å². The third-order valence-electron chi connectivity index (χ3n) is 5.83. The van der Waals surface area contributed by atoms with Gasteiger partial charge in [-0.05, 0) is 37.2 Å². The first kappa shape index (κ1) is 19.3. The summed E-state index contributed by atoms with van der Waals surface area (Å²) in [6.45, 7) is 6.24. The number of H-pyrrole nitrogens is 1. The summed E-state index contributed by atoms with van der Waals surface area (Å²) >= 11 is 0. The summed E-state index contributed by atoms with van der Waals surface area (Å²) in [4.78, 5) is 7.50. The minimum absolute atomic E-state index is 0.0528. The highest BCUT2D eigenvalue weighted by atomic mass is 32.2. The highest BCUT2D eigenvalue weighted by Crippen LogP contribution is 2.41. The Morgan fingerprint density at radius 1 is 1.32 bits per heavy atom. The molecule has 3 unspecified atom stereocenters. The van der Waals surface area contributed by atoms with Gasteiger partial charge in [-0.15, -0.1) is 10.2 Å². The van der Waals surface area contributed by atoms with Crippen LogP contribution in [0.25, 0.3) is 16.8 Å². The van der Waals surface area contributed by atoms with Crippen molar-refractivity contribution in [2.75, 3.05) is 5.75 Å². The highest BCUT2D eigenvalue weighted by Gasteiger charge is 2.38. The second-order valence-corrected chi connectivity index (χ2v) is 10.2. The SMILES string of the molecule is CCC1CC(NS(=O)(=O)CCC(C)C)CC1c1nnc2cnc3[nH]ccc3n12. The van der Waals surface area contributed by atoms with Crippen molar-refractivity contribution in [2.24, 2.45) is 11.8 Å². The van der Waals surface area contributed by atoms with E-state index in [1.165, 1.54) is 0 Å². The molecule has 0 spiro atoms. The molecule has 0 saturated heterocycles. The first-order chi connectivity index (χ1) is 13.4. The molecule has 4 rings (SSSR count). The van der Waals surface area contributed by atoms with Gasteiger partial charge in [-0.1, -0.05) is 27.2 Å². The number of hydrogen-bond acceptors (Lipinski definition) is 5. The van der Waals surface area contributed by atoms with Crippen molar-refractivity contribution in [2.45, 2.75) is 58.4 Å². The minimum atomic E-state index is -3.26. The summed E-state index contributed by atoms with van der Waals surface area (Å²) in [6.07, 6.45) is 6.81. The van der Waals surface area contributed by atoms with Crippen molar-refractivity contribution in [3.63, 3.8) is 0 Å². The lowest BCUT2D eigenvalue weighted by Crippen LogP contribution is -2.35. The molecule has 3 heterocycles. The molecule has 0 amide bonds. The van der Waals surface area contributed by atoms with Crippen molar-refractivity contribution in [3.8, 4) is 0 Å². The monoisotopic (exact) mass is 404 g/mol. The zero-order valence-corrected chi connectivity index (χ0v) is 17.4. The van der Waals surface area contributed by atoms with Crippen LogP contribution in [0, 0.1) is 11.8 Å². The number of rotatable bonds is 7. The third kappa shape index (κ3) is 3.65. The topological polar surface area (TPSA) is 105 Å². The molecule has 28 heavy (non-hydrogen) atoms. The third-order valence-corrected chi connectivity index (χ3v) is 7.29. The summed E-state index contributed by atoms with van der Waals surface area (Å²) < 4.78 is 30.0. The molecular formula is C19H28N6O2S. The fourth-order valence-electron chi connectivity index (χ4n) is 4.33. The van der Waals surface area contributed by atoms with Crippen molar-refractivity contribution < 1.29 is 8.42 Å². The summed E-state index contributed by atoms with van der Waals surface area (Å²) in [6, 6.07) is 1.92. The number of nitrogens with one attached hydrogen (secondary N) is 2. The maximum Gasteiger partial charge on any atom is 0.211 e. The Balaban J connectivity index is 1.60. The van der Waals surface area contributed by atoms with Crippen LogP contribution in [0.3, 0.4) is 0 Å². The Hall–Kier alpha value is -2.00. The smallest absolute Gasteiger partial charge is 0.211 e. The van der Waals surface area contributed by atoms with Crippen molar-refractivity contribution >= 4 is 26.8 Å². The highest BCUT2D eigenvalue weighted by molar-refractivity contribution is 7.89. The van der Waals surface area contributed by atoms with Gasteiger partial charge in [0.15, 0.2) is 11.3 Å². The zero-order chi connectivity index (χ0) is 19.9. The number of aromatic amines is 1. The van der Waals surface area contributed by atoms with E-state index in [0.29, 0.717) is 18.3 Å². The molecule has 2 N–H and O–H groups in total. The molecule has 3 atom stereocenters. The number of nitrogens with zero attached hydrogens (tertiary/aromatic N) is 4. The van der Waals surface area contributed by atoms with Gasteiger partial charge >= 0.3 is 0 Å². The summed E-state index contributed by atoms with van der Waals surface area (Å²) in [5, 5.41) is 8.79. The number of sulfonamides is 1. The lowest BCUT2D eigenvalue weighted by atomic mass is 9.93. The standard InChI is InChI=1S/C19H28N6O2S/c1-4-13-9-14(24-28(26,27)8-6-12(2)3)10-15(13)19-23-22-17-11-21-18-16(25(17)19)5-7-20-18/h5,7,11-15,20,24H,4,6,8-10H2,1-3H3. The molecule has 1 saturated carbocycles. The summed E-state index contributed by atoms with van der Waals surface area (Å²) in [5.74, 6) is 1.99. The van der Waals surface area contributed by atoms with Crippen molar-refractivity contribution in [3.05, 3.63) is 24.3 Å². The molecule has 0 aliphatic heterocycles. The van der Waals surface area contributed by atoms with E-state index in [1.807, 2.05) is 26.1 Å². The van der Waals surface area contributed by atoms with Crippen molar-refractivity contribution in [1.82, 2.24) is 29.3 Å². The quantitative estimate of drug-likeness (QED) is 0.630. The van der Waals surface area contributed by atoms with Gasteiger partial charge in [-0.25, -0.2) is 18.1 Å². The van der Waals surface area contributed by atoms with Crippen molar-refractivity contribution in [1.29, 1.82) is 0 Å². The van der Waals surface area contributed by atoms with Gasteiger partial charge in [0.05, 0.1) is 17.5 Å². The number of fused-ring (bicyclic) bond motifs is 3. The average molecular weight is 405 g/mol. The molecular weight excluding hydrogens is 376 g/mol. The summed E-state index contributed by atoms with van der Waals surface area (Å²) in [7, 11) is -3.26. The molecule has 3 aromatic rings. The van der Waals surface area contributed by atoms with Crippen LogP contribution in [0.4, 0.5) is 0 Å². The van der Waals surface area contributed by atoms with Gasteiger partial charge in [0.2, 0.25) is 10.0 Å². The van der Waals surface area contributed by atoms with E-state index in [9.17, 15) is 8.42 Å². The second-order valence-electron chi connectivity index (χ2n) is 8.28. The molecule has 0 aromatic carbocycles. The molecule has 152 valence electrons. The normalized spacial score (nSPS) is 23.4. The van der Waals surface area contributed by atoms with E-state index in [-0.39, 0.29) is 17.7 Å². The molecule has 3 aromatic heterocycles. The van der Waals surface area contributed by atoms with Gasteiger partial charge in [0.1, 0.15) is 5.82 Å². The lowest BCUT2D eigenvalue weighted by molar-refractivity contribution is 0.449. The van der Waals surface area contributed by atoms with Crippen LogP contribution in [0.2, 0.25) is 0 Å². The Morgan fingerprint density at radius 3 is 2.89 bits per heavy atom.